The molecule has 134 valence electrons. The van der Waals surface area contributed by atoms with Gasteiger partial charge in [0.05, 0.1) is 5.54 Å². The molecule has 2 aromatic rings. The summed E-state index contributed by atoms with van der Waals surface area (Å²) in [6.45, 7) is 4.42. The van der Waals surface area contributed by atoms with E-state index in [9.17, 15) is 0 Å². The molecule has 0 fully saturated rings. The van der Waals surface area contributed by atoms with Crippen LogP contribution in [0.5, 0.6) is 0 Å². The van der Waals surface area contributed by atoms with Crippen molar-refractivity contribution >= 4 is 38.1 Å². The van der Waals surface area contributed by atoms with E-state index >= 15 is 0 Å². The first kappa shape index (κ1) is 19.3. The number of aliphatic imine (C=N–C) groups is 1. The molecule has 0 aliphatic heterocycles. The highest BCUT2D eigenvalue weighted by molar-refractivity contribution is 9.10. The van der Waals surface area contributed by atoms with Crippen molar-refractivity contribution in [2.24, 2.45) is 10.4 Å². The fourth-order valence-electron chi connectivity index (χ4n) is 3.22. The fourth-order valence-corrected chi connectivity index (χ4v) is 4.38. The quantitative estimate of drug-likeness (QED) is 0.332. The van der Waals surface area contributed by atoms with Gasteiger partial charge in [-0.15, -0.1) is 0 Å². The highest BCUT2D eigenvalue weighted by Gasteiger charge is 2.32. The van der Waals surface area contributed by atoms with Crippen LogP contribution in [0.4, 0.5) is 0 Å². The summed E-state index contributed by atoms with van der Waals surface area (Å²) in [6, 6.07) is 18.9. The number of rotatable bonds is 5. The number of hydrogen-bond acceptors (Lipinski definition) is 1. The zero-order chi connectivity index (χ0) is 18.6. The molecule has 26 heavy (non-hydrogen) atoms. The second-order valence-corrected chi connectivity index (χ2v) is 9.03. The van der Waals surface area contributed by atoms with Gasteiger partial charge < -0.3 is 0 Å². The van der Waals surface area contributed by atoms with E-state index < -0.39 is 0 Å². The molecule has 0 heterocycles. The van der Waals surface area contributed by atoms with Crippen molar-refractivity contribution in [2.45, 2.75) is 30.6 Å². The van der Waals surface area contributed by atoms with Gasteiger partial charge in [-0.3, -0.25) is 4.99 Å². The lowest BCUT2D eigenvalue weighted by Crippen LogP contribution is -2.31. The van der Waals surface area contributed by atoms with Gasteiger partial charge in [-0.05, 0) is 31.0 Å². The summed E-state index contributed by atoms with van der Waals surface area (Å²) in [5.74, 6) is 0. The van der Waals surface area contributed by atoms with Gasteiger partial charge in [0.2, 0.25) is 0 Å². The Morgan fingerprint density at radius 2 is 1.77 bits per heavy atom. The summed E-state index contributed by atoms with van der Waals surface area (Å²) >= 11 is 7.51. The summed E-state index contributed by atoms with van der Waals surface area (Å²) < 4.78 is 1.09. The van der Waals surface area contributed by atoms with Crippen LogP contribution in [0.1, 0.15) is 25.0 Å². The maximum atomic E-state index is 5.16. The van der Waals surface area contributed by atoms with Gasteiger partial charge in [0, 0.05) is 27.4 Å². The average molecular weight is 473 g/mol. The van der Waals surface area contributed by atoms with E-state index in [2.05, 4.69) is 125 Å². The van der Waals surface area contributed by atoms with E-state index in [-0.39, 0.29) is 15.8 Å². The van der Waals surface area contributed by atoms with Crippen LogP contribution < -0.4 is 0 Å². The maximum Gasteiger partial charge on any atom is 0.0875 e. The van der Waals surface area contributed by atoms with Gasteiger partial charge in [-0.25, -0.2) is 0 Å². The molecule has 0 spiro atoms. The number of benzene rings is 2. The lowest BCUT2D eigenvalue weighted by Gasteiger charge is -2.32. The van der Waals surface area contributed by atoms with Gasteiger partial charge in [-0.2, -0.15) is 0 Å². The first-order valence-corrected chi connectivity index (χ1v) is 10.5. The van der Waals surface area contributed by atoms with E-state index in [0.717, 1.165) is 10.9 Å². The Bertz CT molecular complexity index is 840. The molecule has 0 saturated carbocycles. The van der Waals surface area contributed by atoms with E-state index in [1.165, 1.54) is 11.1 Å². The Kier molecular flexibility index (Phi) is 5.99. The summed E-state index contributed by atoms with van der Waals surface area (Å²) in [5, 5.41) is 0. The molecular weight excluding hydrogens is 450 g/mol. The Labute approximate surface area is 173 Å². The maximum absolute atomic E-state index is 5.16. The lowest BCUT2D eigenvalue weighted by atomic mass is 9.83. The Morgan fingerprint density at radius 1 is 1.08 bits per heavy atom. The van der Waals surface area contributed by atoms with Crippen LogP contribution in [0.2, 0.25) is 0 Å². The third-order valence-electron chi connectivity index (χ3n) is 4.91. The van der Waals surface area contributed by atoms with Crippen molar-refractivity contribution in [3.05, 3.63) is 94.5 Å². The molecule has 1 aliphatic carbocycles. The van der Waals surface area contributed by atoms with Crippen molar-refractivity contribution in [3.63, 3.8) is 0 Å². The number of allylic oxidation sites excluding steroid dienone is 4. The van der Waals surface area contributed by atoms with Gasteiger partial charge in [0.15, 0.2) is 0 Å². The fraction of sp³-hybridized carbons (Fsp3) is 0.261. The topological polar surface area (TPSA) is 12.4 Å². The largest absolute Gasteiger partial charge is 0.285 e. The summed E-state index contributed by atoms with van der Waals surface area (Å²) in [7, 11) is 0. The number of nitrogens with zero attached hydrogens (tertiary/aromatic N) is 1. The molecule has 1 nitrogen and oxygen atoms in total. The van der Waals surface area contributed by atoms with Crippen molar-refractivity contribution in [1.29, 1.82) is 0 Å². The minimum atomic E-state index is -0.355. The van der Waals surface area contributed by atoms with E-state index in [4.69, 9.17) is 4.99 Å². The molecule has 3 rings (SSSR count). The predicted octanol–water partition coefficient (Wildman–Crippen LogP) is 6.87. The van der Waals surface area contributed by atoms with Crippen LogP contribution in [0.25, 0.3) is 0 Å². The number of hydrogen-bond donors (Lipinski definition) is 0. The molecule has 2 aromatic carbocycles. The second-order valence-electron chi connectivity index (χ2n) is 7.19. The summed E-state index contributed by atoms with van der Waals surface area (Å²) in [5.41, 5.74) is 1.98. The number of halogens is 2. The third kappa shape index (κ3) is 4.27. The molecule has 0 aromatic heterocycles. The smallest absolute Gasteiger partial charge is 0.0875 e. The minimum Gasteiger partial charge on any atom is -0.285 e. The molecule has 1 aliphatic rings. The average Bonchev–Trinajstić information content (AvgIpc) is 2.64. The standard InChI is InChI=1S/C23H23Br2N/c1-22(15-9-8-14-21(22)25)17-26-23(2,16-18-10-4-3-5-11-18)19-12-6-7-13-20(19)24/h3-15,17,21H,16H2,1-2H3. The van der Waals surface area contributed by atoms with Crippen LogP contribution >= 0.6 is 31.9 Å². The Morgan fingerprint density at radius 3 is 2.46 bits per heavy atom. The Hall–Kier alpha value is -1.45. The monoisotopic (exact) mass is 471 g/mol. The Balaban J connectivity index is 2.01. The zero-order valence-electron chi connectivity index (χ0n) is 15.1. The van der Waals surface area contributed by atoms with Crippen molar-refractivity contribution in [3.8, 4) is 0 Å². The first-order valence-electron chi connectivity index (χ1n) is 8.78. The van der Waals surface area contributed by atoms with Gasteiger partial charge in [0.1, 0.15) is 0 Å². The highest BCUT2D eigenvalue weighted by atomic mass is 79.9. The lowest BCUT2D eigenvalue weighted by molar-refractivity contribution is 0.485. The van der Waals surface area contributed by atoms with Crippen LogP contribution in [0.15, 0.2) is 88.4 Å². The number of alkyl halides is 1. The van der Waals surface area contributed by atoms with Crippen LogP contribution in [0.3, 0.4) is 0 Å². The van der Waals surface area contributed by atoms with E-state index in [0.29, 0.717) is 0 Å². The van der Waals surface area contributed by atoms with Crippen LogP contribution in [0, 0.1) is 5.41 Å². The molecular formula is C23H23Br2N. The molecule has 0 N–H and O–H groups in total. The summed E-state index contributed by atoms with van der Waals surface area (Å²) in [6.07, 6.45) is 11.5. The predicted molar refractivity (Wildman–Crippen MR) is 119 cm³/mol. The molecule has 0 amide bonds. The van der Waals surface area contributed by atoms with Gasteiger partial charge in [-0.1, -0.05) is 105 Å². The second kappa shape index (κ2) is 8.06. The summed E-state index contributed by atoms with van der Waals surface area (Å²) in [4.78, 5) is 5.40. The van der Waals surface area contributed by atoms with Crippen molar-refractivity contribution in [1.82, 2.24) is 0 Å². The zero-order valence-corrected chi connectivity index (χ0v) is 18.2. The first-order chi connectivity index (χ1) is 12.4. The normalized spacial score (nSPS) is 24.7. The molecule has 0 radical (unpaired) electrons. The van der Waals surface area contributed by atoms with E-state index in [1.807, 2.05) is 6.07 Å². The highest BCUT2D eigenvalue weighted by Crippen LogP contribution is 2.37. The van der Waals surface area contributed by atoms with Crippen molar-refractivity contribution < 1.29 is 0 Å². The van der Waals surface area contributed by atoms with Gasteiger partial charge in [0.25, 0.3) is 0 Å². The molecule has 3 unspecified atom stereocenters. The van der Waals surface area contributed by atoms with Crippen LogP contribution in [-0.4, -0.2) is 11.0 Å². The van der Waals surface area contributed by atoms with E-state index in [1.54, 1.807) is 0 Å². The molecule has 3 heteroatoms. The van der Waals surface area contributed by atoms with Crippen molar-refractivity contribution in [2.75, 3.05) is 0 Å². The van der Waals surface area contributed by atoms with Crippen LogP contribution in [-0.2, 0) is 12.0 Å². The van der Waals surface area contributed by atoms with Gasteiger partial charge >= 0.3 is 0 Å². The minimum absolute atomic E-state index is 0.145. The molecule has 0 bridgehead atoms. The third-order valence-corrected chi connectivity index (χ3v) is 6.90. The molecule has 3 atom stereocenters. The molecule has 0 saturated heterocycles. The SMILES string of the molecule is CC(Cc1ccccc1)(N=CC1(C)C=CC=CC1Br)c1ccccc1Br.